The van der Waals surface area contributed by atoms with Crippen LogP contribution in [0.15, 0.2) is 36.7 Å². The van der Waals surface area contributed by atoms with Gasteiger partial charge >= 0.3 is 11.9 Å². The Kier molecular flexibility index (Phi) is 3.92. The SMILES string of the molecule is COC(=O)c1ccc(COC(=O)c2cn[nH]c2)cc1. The summed E-state index contributed by atoms with van der Waals surface area (Å²) in [6.07, 6.45) is 2.85. The van der Waals surface area contributed by atoms with Crippen LogP contribution in [0, 0.1) is 0 Å². The minimum absolute atomic E-state index is 0.130. The minimum atomic E-state index is -0.453. The van der Waals surface area contributed by atoms with Crippen LogP contribution in [0.25, 0.3) is 0 Å². The molecule has 1 aromatic carbocycles. The molecule has 6 nitrogen and oxygen atoms in total. The highest BCUT2D eigenvalue weighted by atomic mass is 16.5. The first-order chi connectivity index (χ1) is 9.20. The lowest BCUT2D eigenvalue weighted by molar-refractivity contribution is 0.0471. The second kappa shape index (κ2) is 5.81. The second-order valence-electron chi connectivity index (χ2n) is 3.75. The van der Waals surface area contributed by atoms with Crippen molar-refractivity contribution in [3.05, 3.63) is 53.3 Å². The van der Waals surface area contributed by atoms with E-state index in [0.717, 1.165) is 5.56 Å². The van der Waals surface area contributed by atoms with E-state index in [1.807, 2.05) is 0 Å². The van der Waals surface area contributed by atoms with E-state index in [4.69, 9.17) is 4.74 Å². The van der Waals surface area contributed by atoms with Gasteiger partial charge in [0.1, 0.15) is 6.61 Å². The fraction of sp³-hybridized carbons (Fsp3) is 0.154. The van der Waals surface area contributed by atoms with Crippen molar-refractivity contribution in [2.24, 2.45) is 0 Å². The molecule has 0 radical (unpaired) electrons. The zero-order valence-corrected chi connectivity index (χ0v) is 10.3. The highest BCUT2D eigenvalue weighted by Gasteiger charge is 2.09. The number of aromatic nitrogens is 2. The van der Waals surface area contributed by atoms with Crippen molar-refractivity contribution >= 4 is 11.9 Å². The molecule has 2 rings (SSSR count). The highest BCUT2D eigenvalue weighted by Crippen LogP contribution is 2.08. The molecule has 0 amide bonds. The van der Waals surface area contributed by atoms with Crippen LogP contribution in [0.5, 0.6) is 0 Å². The standard InChI is InChI=1S/C13H12N2O4/c1-18-12(16)10-4-2-9(3-5-10)8-19-13(17)11-6-14-15-7-11/h2-7H,8H2,1H3,(H,14,15). The molecule has 0 aliphatic carbocycles. The number of ether oxygens (including phenoxy) is 2. The average molecular weight is 260 g/mol. The van der Waals surface area contributed by atoms with Gasteiger partial charge < -0.3 is 9.47 Å². The summed E-state index contributed by atoms with van der Waals surface area (Å²) in [4.78, 5) is 22.8. The van der Waals surface area contributed by atoms with Crippen LogP contribution in [0.3, 0.4) is 0 Å². The van der Waals surface area contributed by atoms with E-state index in [0.29, 0.717) is 11.1 Å². The first-order valence-corrected chi connectivity index (χ1v) is 5.54. The van der Waals surface area contributed by atoms with Gasteiger partial charge in [-0.25, -0.2) is 9.59 Å². The fourth-order valence-corrected chi connectivity index (χ4v) is 1.45. The summed E-state index contributed by atoms with van der Waals surface area (Å²) < 4.78 is 9.67. The molecule has 1 aromatic heterocycles. The number of carbonyl (C=O) groups excluding carboxylic acids is 2. The number of aromatic amines is 1. The summed E-state index contributed by atoms with van der Waals surface area (Å²) in [7, 11) is 1.32. The topological polar surface area (TPSA) is 81.3 Å². The Morgan fingerprint density at radius 2 is 1.89 bits per heavy atom. The van der Waals surface area contributed by atoms with Crippen molar-refractivity contribution < 1.29 is 19.1 Å². The zero-order chi connectivity index (χ0) is 13.7. The van der Waals surface area contributed by atoms with Crippen LogP contribution in [0.2, 0.25) is 0 Å². The lowest BCUT2D eigenvalue weighted by Gasteiger charge is -2.04. The van der Waals surface area contributed by atoms with Crippen molar-refractivity contribution in [1.82, 2.24) is 10.2 Å². The molecule has 0 saturated carbocycles. The van der Waals surface area contributed by atoms with Gasteiger partial charge in [0.25, 0.3) is 0 Å². The van der Waals surface area contributed by atoms with Crippen LogP contribution < -0.4 is 0 Å². The molecule has 0 bridgehead atoms. The smallest absolute Gasteiger partial charge is 0.341 e. The monoisotopic (exact) mass is 260 g/mol. The van der Waals surface area contributed by atoms with Crippen LogP contribution in [-0.4, -0.2) is 29.2 Å². The Morgan fingerprint density at radius 1 is 1.16 bits per heavy atom. The molecule has 0 aliphatic heterocycles. The molecule has 0 spiro atoms. The Labute approximate surface area is 109 Å². The van der Waals surface area contributed by atoms with E-state index in [-0.39, 0.29) is 6.61 Å². The van der Waals surface area contributed by atoms with Gasteiger partial charge in [-0.1, -0.05) is 12.1 Å². The van der Waals surface area contributed by atoms with E-state index in [1.165, 1.54) is 19.5 Å². The molecule has 98 valence electrons. The van der Waals surface area contributed by atoms with Gasteiger partial charge in [-0.3, -0.25) is 5.10 Å². The van der Waals surface area contributed by atoms with Crippen molar-refractivity contribution in [3.8, 4) is 0 Å². The van der Waals surface area contributed by atoms with Crippen molar-refractivity contribution in [2.75, 3.05) is 7.11 Å². The molecule has 6 heteroatoms. The lowest BCUT2D eigenvalue weighted by atomic mass is 10.1. The van der Waals surface area contributed by atoms with Crippen molar-refractivity contribution in [2.45, 2.75) is 6.61 Å². The van der Waals surface area contributed by atoms with E-state index in [2.05, 4.69) is 14.9 Å². The Balaban J connectivity index is 1.93. The molecule has 1 N–H and O–H groups in total. The minimum Gasteiger partial charge on any atom is -0.465 e. The lowest BCUT2D eigenvalue weighted by Crippen LogP contribution is -2.05. The number of H-pyrrole nitrogens is 1. The third kappa shape index (κ3) is 3.19. The Morgan fingerprint density at radius 3 is 2.47 bits per heavy atom. The number of hydrogen-bond acceptors (Lipinski definition) is 5. The molecular formula is C13H12N2O4. The van der Waals surface area contributed by atoms with Crippen LogP contribution >= 0.6 is 0 Å². The summed E-state index contributed by atoms with van der Waals surface area (Å²) >= 11 is 0. The number of methoxy groups -OCH3 is 1. The normalized spacial score (nSPS) is 9.95. The third-order valence-electron chi connectivity index (χ3n) is 2.48. The summed E-state index contributed by atoms with van der Waals surface area (Å²) in [5, 5.41) is 6.19. The first kappa shape index (κ1) is 12.8. The van der Waals surface area contributed by atoms with E-state index in [9.17, 15) is 9.59 Å². The van der Waals surface area contributed by atoms with Gasteiger partial charge in [-0.15, -0.1) is 0 Å². The van der Waals surface area contributed by atoms with Gasteiger partial charge in [-0.05, 0) is 17.7 Å². The van der Waals surface area contributed by atoms with Crippen molar-refractivity contribution in [1.29, 1.82) is 0 Å². The van der Waals surface area contributed by atoms with E-state index < -0.39 is 11.9 Å². The van der Waals surface area contributed by atoms with Crippen LogP contribution in [-0.2, 0) is 16.1 Å². The zero-order valence-electron chi connectivity index (χ0n) is 10.3. The maximum atomic E-state index is 11.5. The molecule has 0 atom stereocenters. The number of hydrogen-bond donors (Lipinski definition) is 1. The quantitative estimate of drug-likeness (QED) is 0.843. The number of nitrogens with one attached hydrogen (secondary N) is 1. The number of nitrogens with zero attached hydrogens (tertiary/aromatic N) is 1. The molecule has 0 saturated heterocycles. The second-order valence-corrected chi connectivity index (χ2v) is 3.75. The van der Waals surface area contributed by atoms with Gasteiger partial charge in [0.05, 0.1) is 24.4 Å². The molecule has 0 unspecified atom stereocenters. The van der Waals surface area contributed by atoms with Gasteiger partial charge in [0.2, 0.25) is 0 Å². The van der Waals surface area contributed by atoms with E-state index >= 15 is 0 Å². The van der Waals surface area contributed by atoms with Crippen LogP contribution in [0.1, 0.15) is 26.3 Å². The number of esters is 2. The Bertz CT molecular complexity index is 561. The third-order valence-corrected chi connectivity index (χ3v) is 2.48. The summed E-state index contributed by atoms with van der Waals surface area (Å²) in [6, 6.07) is 6.64. The van der Waals surface area contributed by atoms with Gasteiger partial charge in [0.15, 0.2) is 0 Å². The average Bonchev–Trinajstić information content (AvgIpc) is 2.98. The predicted molar refractivity (Wildman–Crippen MR) is 65.5 cm³/mol. The largest absolute Gasteiger partial charge is 0.465 e. The number of carbonyl (C=O) groups is 2. The maximum Gasteiger partial charge on any atom is 0.341 e. The predicted octanol–water partition coefficient (Wildman–Crippen LogP) is 1.55. The van der Waals surface area contributed by atoms with E-state index in [1.54, 1.807) is 24.3 Å². The highest BCUT2D eigenvalue weighted by molar-refractivity contribution is 5.89. The van der Waals surface area contributed by atoms with Gasteiger partial charge in [-0.2, -0.15) is 5.10 Å². The fourth-order valence-electron chi connectivity index (χ4n) is 1.45. The summed E-state index contributed by atoms with van der Waals surface area (Å²) in [5.74, 6) is -0.854. The molecule has 19 heavy (non-hydrogen) atoms. The molecule has 0 aliphatic rings. The molecule has 2 aromatic rings. The van der Waals surface area contributed by atoms with Crippen LogP contribution in [0.4, 0.5) is 0 Å². The molecule has 0 fully saturated rings. The summed E-state index contributed by atoms with van der Waals surface area (Å²) in [5.41, 5.74) is 1.60. The number of benzene rings is 1. The Hall–Kier alpha value is -2.63. The first-order valence-electron chi connectivity index (χ1n) is 5.54. The van der Waals surface area contributed by atoms with Gasteiger partial charge in [0, 0.05) is 6.20 Å². The van der Waals surface area contributed by atoms with Crippen molar-refractivity contribution in [3.63, 3.8) is 0 Å². The maximum absolute atomic E-state index is 11.5. The number of rotatable bonds is 4. The summed E-state index contributed by atoms with van der Waals surface area (Å²) in [6.45, 7) is 0.130. The molecule has 1 heterocycles. The molecular weight excluding hydrogens is 248 g/mol.